The molecule has 0 aromatic heterocycles. The van der Waals surface area contributed by atoms with Gasteiger partial charge in [-0.15, -0.1) is 0 Å². The molecule has 0 atom stereocenters. The highest BCUT2D eigenvalue weighted by Gasteiger charge is 2.43. The Bertz CT molecular complexity index is 611. The van der Waals surface area contributed by atoms with E-state index in [1.807, 2.05) is 42.5 Å². The van der Waals surface area contributed by atoms with E-state index < -0.39 is 5.41 Å². The van der Waals surface area contributed by atoms with Crippen molar-refractivity contribution < 1.29 is 9.90 Å². The van der Waals surface area contributed by atoms with Crippen molar-refractivity contribution in [1.82, 2.24) is 0 Å². The summed E-state index contributed by atoms with van der Waals surface area (Å²) >= 11 is 0. The van der Waals surface area contributed by atoms with E-state index >= 15 is 0 Å². The Morgan fingerprint density at radius 1 is 1.16 bits per heavy atom. The fourth-order valence-electron chi connectivity index (χ4n) is 2.59. The van der Waals surface area contributed by atoms with Gasteiger partial charge in [-0.3, -0.25) is 4.79 Å². The highest BCUT2D eigenvalue weighted by Crippen LogP contribution is 2.41. The zero-order chi connectivity index (χ0) is 13.3. The minimum atomic E-state index is -0.550. The van der Waals surface area contributed by atoms with E-state index in [2.05, 4.69) is 5.32 Å². The maximum atomic E-state index is 12.2. The lowest BCUT2D eigenvalue weighted by Gasteiger charge is -2.38. The number of aliphatic hydroxyl groups excluding tert-OH is 1. The summed E-state index contributed by atoms with van der Waals surface area (Å²) in [5, 5.41) is 14.6. The molecule has 19 heavy (non-hydrogen) atoms. The van der Waals surface area contributed by atoms with Crippen molar-refractivity contribution in [1.29, 1.82) is 0 Å². The van der Waals surface area contributed by atoms with Crippen molar-refractivity contribution in [2.45, 2.75) is 19.3 Å². The summed E-state index contributed by atoms with van der Waals surface area (Å²) in [6.07, 6.45) is 2.58. The Morgan fingerprint density at radius 3 is 2.53 bits per heavy atom. The number of benzene rings is 2. The summed E-state index contributed by atoms with van der Waals surface area (Å²) in [7, 11) is 0. The number of hydrogen-bond acceptors (Lipinski definition) is 2. The topological polar surface area (TPSA) is 49.3 Å². The number of fused-ring (bicyclic) bond motifs is 1. The van der Waals surface area contributed by atoms with E-state index in [9.17, 15) is 9.90 Å². The van der Waals surface area contributed by atoms with Gasteiger partial charge in [-0.25, -0.2) is 0 Å². The van der Waals surface area contributed by atoms with Crippen LogP contribution in [0.15, 0.2) is 42.5 Å². The van der Waals surface area contributed by atoms with Crippen LogP contribution in [0.3, 0.4) is 0 Å². The number of carbonyl (C=O) groups excluding carboxylic acids is 1. The maximum absolute atomic E-state index is 12.2. The largest absolute Gasteiger partial charge is 0.395 e. The molecule has 2 N–H and O–H groups in total. The normalized spacial score (nSPS) is 16.9. The second-order valence-electron chi connectivity index (χ2n) is 5.31. The van der Waals surface area contributed by atoms with Gasteiger partial charge in [0.05, 0.1) is 12.0 Å². The highest BCUT2D eigenvalue weighted by atomic mass is 16.3. The SMILES string of the molecule is O=C(Nc1ccc2ccccc2c1)C1(CO)CCC1. The molecule has 1 amide bonds. The molecule has 1 saturated carbocycles. The molecular formula is C16H17NO2. The molecule has 0 saturated heterocycles. The van der Waals surface area contributed by atoms with Gasteiger partial charge in [0.15, 0.2) is 0 Å². The van der Waals surface area contributed by atoms with Crippen molar-refractivity contribution in [2.24, 2.45) is 5.41 Å². The van der Waals surface area contributed by atoms with E-state index in [1.54, 1.807) is 0 Å². The minimum Gasteiger partial charge on any atom is -0.395 e. The highest BCUT2D eigenvalue weighted by molar-refractivity contribution is 5.98. The van der Waals surface area contributed by atoms with Crippen LogP contribution in [0.25, 0.3) is 10.8 Å². The molecular weight excluding hydrogens is 238 g/mol. The second-order valence-corrected chi connectivity index (χ2v) is 5.31. The summed E-state index contributed by atoms with van der Waals surface area (Å²) in [6.45, 7) is -0.0631. The molecule has 0 spiro atoms. The molecule has 0 aliphatic heterocycles. The van der Waals surface area contributed by atoms with Gasteiger partial charge in [-0.05, 0) is 35.7 Å². The molecule has 3 rings (SSSR count). The predicted octanol–water partition coefficient (Wildman–Crippen LogP) is 2.94. The molecule has 3 heteroatoms. The van der Waals surface area contributed by atoms with Gasteiger partial charge in [-0.1, -0.05) is 36.8 Å². The lowest BCUT2D eigenvalue weighted by molar-refractivity contribution is -0.133. The third-order valence-electron chi connectivity index (χ3n) is 4.10. The van der Waals surface area contributed by atoms with Gasteiger partial charge in [0.25, 0.3) is 0 Å². The number of aliphatic hydroxyl groups is 1. The first-order valence-corrected chi connectivity index (χ1v) is 6.65. The lowest BCUT2D eigenvalue weighted by atomic mass is 9.68. The zero-order valence-corrected chi connectivity index (χ0v) is 10.7. The minimum absolute atomic E-state index is 0.0588. The molecule has 2 aromatic rings. The van der Waals surface area contributed by atoms with E-state index in [4.69, 9.17) is 0 Å². The number of hydrogen-bond donors (Lipinski definition) is 2. The monoisotopic (exact) mass is 255 g/mol. The fraction of sp³-hybridized carbons (Fsp3) is 0.312. The summed E-state index contributed by atoms with van der Waals surface area (Å²) < 4.78 is 0. The molecule has 0 heterocycles. The van der Waals surface area contributed by atoms with Crippen molar-refractivity contribution in [3.05, 3.63) is 42.5 Å². The first kappa shape index (κ1) is 12.2. The summed E-state index contributed by atoms with van der Waals surface area (Å²) in [5.41, 5.74) is 0.245. The lowest BCUT2D eigenvalue weighted by Crippen LogP contribution is -2.44. The van der Waals surface area contributed by atoms with Crippen LogP contribution < -0.4 is 5.32 Å². The van der Waals surface area contributed by atoms with Crippen LogP contribution in [-0.4, -0.2) is 17.6 Å². The fourth-order valence-corrected chi connectivity index (χ4v) is 2.59. The van der Waals surface area contributed by atoms with E-state index in [0.717, 1.165) is 35.7 Å². The Morgan fingerprint density at radius 2 is 1.89 bits per heavy atom. The first-order chi connectivity index (χ1) is 9.23. The van der Waals surface area contributed by atoms with Crippen LogP contribution in [0.4, 0.5) is 5.69 Å². The van der Waals surface area contributed by atoms with Crippen molar-refractivity contribution >= 4 is 22.4 Å². The van der Waals surface area contributed by atoms with Gasteiger partial charge < -0.3 is 10.4 Å². The smallest absolute Gasteiger partial charge is 0.232 e. The summed E-state index contributed by atoms with van der Waals surface area (Å²) in [5.74, 6) is -0.0588. The molecule has 0 unspecified atom stereocenters. The number of nitrogens with one attached hydrogen (secondary N) is 1. The van der Waals surface area contributed by atoms with E-state index in [-0.39, 0.29) is 12.5 Å². The van der Waals surface area contributed by atoms with Gasteiger partial charge in [0.1, 0.15) is 0 Å². The van der Waals surface area contributed by atoms with Gasteiger partial charge in [0, 0.05) is 5.69 Å². The second kappa shape index (κ2) is 4.67. The average molecular weight is 255 g/mol. The van der Waals surface area contributed by atoms with Gasteiger partial charge >= 0.3 is 0 Å². The third-order valence-corrected chi connectivity index (χ3v) is 4.10. The van der Waals surface area contributed by atoms with Crippen LogP contribution in [0.2, 0.25) is 0 Å². The summed E-state index contributed by atoms with van der Waals surface area (Å²) in [6, 6.07) is 13.9. The maximum Gasteiger partial charge on any atom is 0.232 e. The van der Waals surface area contributed by atoms with Crippen LogP contribution in [0, 0.1) is 5.41 Å². The quantitative estimate of drug-likeness (QED) is 0.886. The molecule has 98 valence electrons. The van der Waals surface area contributed by atoms with E-state index in [1.165, 1.54) is 0 Å². The van der Waals surface area contributed by atoms with Crippen LogP contribution in [0.1, 0.15) is 19.3 Å². The number of rotatable bonds is 3. The Balaban J connectivity index is 1.83. The zero-order valence-electron chi connectivity index (χ0n) is 10.7. The molecule has 1 aliphatic rings. The summed E-state index contributed by atoms with van der Waals surface area (Å²) in [4.78, 5) is 12.2. The Labute approximate surface area is 112 Å². The van der Waals surface area contributed by atoms with Crippen molar-refractivity contribution in [3.63, 3.8) is 0 Å². The molecule has 0 bridgehead atoms. The Hall–Kier alpha value is -1.87. The van der Waals surface area contributed by atoms with Gasteiger partial charge in [-0.2, -0.15) is 0 Å². The predicted molar refractivity (Wildman–Crippen MR) is 75.9 cm³/mol. The van der Waals surface area contributed by atoms with Crippen LogP contribution >= 0.6 is 0 Å². The molecule has 1 fully saturated rings. The standard InChI is InChI=1S/C16H17NO2/c18-11-16(8-3-9-16)15(19)17-14-7-6-12-4-1-2-5-13(12)10-14/h1-2,4-7,10,18H,3,8-9,11H2,(H,17,19). The number of carbonyl (C=O) groups is 1. The molecule has 0 radical (unpaired) electrons. The first-order valence-electron chi connectivity index (χ1n) is 6.65. The number of anilines is 1. The average Bonchev–Trinajstić information content (AvgIpc) is 2.38. The molecule has 2 aromatic carbocycles. The molecule has 3 nitrogen and oxygen atoms in total. The van der Waals surface area contributed by atoms with Crippen LogP contribution in [0.5, 0.6) is 0 Å². The number of amides is 1. The van der Waals surface area contributed by atoms with Crippen LogP contribution in [-0.2, 0) is 4.79 Å². The molecule has 1 aliphatic carbocycles. The third kappa shape index (κ3) is 2.10. The van der Waals surface area contributed by atoms with E-state index in [0.29, 0.717) is 0 Å². The van der Waals surface area contributed by atoms with Crippen molar-refractivity contribution in [3.8, 4) is 0 Å². The van der Waals surface area contributed by atoms with Crippen molar-refractivity contribution in [2.75, 3.05) is 11.9 Å². The van der Waals surface area contributed by atoms with Gasteiger partial charge in [0.2, 0.25) is 5.91 Å². The Kier molecular flexibility index (Phi) is 2.99.